The molecular formula is C18H23N5O2S. The normalized spacial score (nSPS) is 10.9. The van der Waals surface area contributed by atoms with Gasteiger partial charge in [0.1, 0.15) is 5.75 Å². The van der Waals surface area contributed by atoms with Crippen LogP contribution in [0.2, 0.25) is 0 Å². The number of thiazole rings is 1. The van der Waals surface area contributed by atoms with Gasteiger partial charge in [-0.3, -0.25) is 0 Å². The van der Waals surface area contributed by atoms with Gasteiger partial charge in [-0.05, 0) is 19.1 Å². The molecule has 2 aromatic heterocycles. The van der Waals surface area contributed by atoms with Gasteiger partial charge in [-0.2, -0.15) is 0 Å². The molecule has 0 spiro atoms. The van der Waals surface area contributed by atoms with Crippen molar-refractivity contribution < 1.29 is 9.47 Å². The van der Waals surface area contributed by atoms with E-state index in [4.69, 9.17) is 9.47 Å². The van der Waals surface area contributed by atoms with Crippen molar-refractivity contribution in [2.24, 2.45) is 0 Å². The number of benzene rings is 1. The number of anilines is 2. The van der Waals surface area contributed by atoms with Crippen molar-refractivity contribution in [3.63, 3.8) is 0 Å². The van der Waals surface area contributed by atoms with Gasteiger partial charge in [0.25, 0.3) is 0 Å². The average molecular weight is 373 g/mol. The van der Waals surface area contributed by atoms with Crippen LogP contribution in [0.1, 0.15) is 10.6 Å². The Kier molecular flexibility index (Phi) is 6.21. The van der Waals surface area contributed by atoms with Gasteiger partial charge in [-0.1, -0.05) is 0 Å². The molecule has 2 N–H and O–H groups in total. The van der Waals surface area contributed by atoms with E-state index in [0.717, 1.165) is 41.0 Å². The van der Waals surface area contributed by atoms with Crippen molar-refractivity contribution in [3.05, 3.63) is 47.5 Å². The van der Waals surface area contributed by atoms with E-state index in [9.17, 15) is 0 Å². The van der Waals surface area contributed by atoms with Crippen molar-refractivity contribution in [1.29, 1.82) is 0 Å². The van der Waals surface area contributed by atoms with Crippen molar-refractivity contribution >= 4 is 22.2 Å². The summed E-state index contributed by atoms with van der Waals surface area (Å²) in [5.41, 5.74) is 2.83. The lowest BCUT2D eigenvalue weighted by Gasteiger charge is -2.11. The van der Waals surface area contributed by atoms with Crippen LogP contribution in [0.3, 0.4) is 0 Å². The first-order valence-corrected chi connectivity index (χ1v) is 9.11. The summed E-state index contributed by atoms with van der Waals surface area (Å²) in [5, 5.41) is 7.50. The molecule has 0 unspecified atom stereocenters. The van der Waals surface area contributed by atoms with Gasteiger partial charge in [-0.25, -0.2) is 9.97 Å². The molecule has 7 nitrogen and oxygen atoms in total. The number of hydrogen-bond acceptors (Lipinski definition) is 7. The van der Waals surface area contributed by atoms with E-state index < -0.39 is 0 Å². The second-order valence-electron chi connectivity index (χ2n) is 5.74. The van der Waals surface area contributed by atoms with E-state index in [0.29, 0.717) is 6.61 Å². The molecule has 3 aromatic rings. The van der Waals surface area contributed by atoms with Crippen LogP contribution in [0.4, 0.5) is 10.8 Å². The van der Waals surface area contributed by atoms with Crippen LogP contribution >= 0.6 is 11.3 Å². The molecule has 0 fully saturated rings. The number of methoxy groups -OCH3 is 2. The number of imidazole rings is 1. The largest absolute Gasteiger partial charge is 0.494 e. The quantitative estimate of drug-likeness (QED) is 0.562. The molecular weight excluding hydrogens is 350 g/mol. The molecule has 2 heterocycles. The van der Waals surface area contributed by atoms with Gasteiger partial charge in [-0.15, -0.1) is 11.3 Å². The number of aromatic nitrogens is 3. The summed E-state index contributed by atoms with van der Waals surface area (Å²) < 4.78 is 12.5. The van der Waals surface area contributed by atoms with Crippen LogP contribution in [0.15, 0.2) is 36.9 Å². The maximum Gasteiger partial charge on any atom is 0.187 e. The van der Waals surface area contributed by atoms with Crippen molar-refractivity contribution in [2.75, 3.05) is 32.7 Å². The van der Waals surface area contributed by atoms with Crippen LogP contribution in [0, 0.1) is 6.92 Å². The van der Waals surface area contributed by atoms with E-state index in [2.05, 4.69) is 20.6 Å². The molecule has 0 radical (unpaired) electrons. The van der Waals surface area contributed by atoms with Gasteiger partial charge in [0.05, 0.1) is 31.4 Å². The molecule has 1 aromatic carbocycles. The highest BCUT2D eigenvalue weighted by Crippen LogP contribution is 2.29. The number of rotatable bonds is 9. The minimum absolute atomic E-state index is 0.701. The molecule has 0 saturated heterocycles. The maximum atomic E-state index is 5.54. The zero-order chi connectivity index (χ0) is 18.4. The van der Waals surface area contributed by atoms with E-state index in [-0.39, 0.29) is 0 Å². The zero-order valence-electron chi connectivity index (χ0n) is 15.2. The Morgan fingerprint density at radius 2 is 2.12 bits per heavy atom. The highest BCUT2D eigenvalue weighted by molar-refractivity contribution is 7.15. The van der Waals surface area contributed by atoms with Gasteiger partial charge >= 0.3 is 0 Å². The molecule has 0 amide bonds. The third kappa shape index (κ3) is 4.60. The molecule has 138 valence electrons. The average Bonchev–Trinajstić information content (AvgIpc) is 3.27. The summed E-state index contributed by atoms with van der Waals surface area (Å²) in [6, 6.07) is 5.97. The molecule has 3 rings (SSSR count). The van der Waals surface area contributed by atoms with Crippen LogP contribution in [0.5, 0.6) is 5.75 Å². The standard InChI is InChI=1S/C18H23N5O2S/c1-13-11-23(12-21-13)16-5-4-14(8-17(16)25-3)22-18-20-10-15(26-18)9-19-6-7-24-2/h4-5,8,10-12,19H,6-7,9H2,1-3H3,(H,20,22). The fraction of sp³-hybridized carbons (Fsp3) is 0.333. The Morgan fingerprint density at radius 3 is 2.85 bits per heavy atom. The predicted molar refractivity (Wildman–Crippen MR) is 104 cm³/mol. The van der Waals surface area contributed by atoms with Gasteiger partial charge in [0.15, 0.2) is 5.13 Å². The van der Waals surface area contributed by atoms with Gasteiger partial charge in [0, 0.05) is 49.2 Å². The number of nitrogens with one attached hydrogen (secondary N) is 2. The Hall–Kier alpha value is -2.42. The molecule has 26 heavy (non-hydrogen) atoms. The highest BCUT2D eigenvalue weighted by atomic mass is 32.1. The first kappa shape index (κ1) is 18.4. The second-order valence-corrected chi connectivity index (χ2v) is 6.85. The molecule has 0 aliphatic heterocycles. The third-order valence-electron chi connectivity index (χ3n) is 3.76. The first-order valence-electron chi connectivity index (χ1n) is 8.30. The minimum atomic E-state index is 0.701. The summed E-state index contributed by atoms with van der Waals surface area (Å²) in [6.07, 6.45) is 5.63. The molecule has 0 aliphatic carbocycles. The Morgan fingerprint density at radius 1 is 1.23 bits per heavy atom. The zero-order valence-corrected chi connectivity index (χ0v) is 16.0. The Balaban J connectivity index is 1.67. The lowest BCUT2D eigenvalue weighted by Crippen LogP contribution is -2.17. The minimum Gasteiger partial charge on any atom is -0.494 e. The van der Waals surface area contributed by atoms with Crippen LogP contribution < -0.4 is 15.4 Å². The molecule has 0 bridgehead atoms. The van der Waals surface area contributed by atoms with E-state index in [1.807, 2.05) is 42.1 Å². The number of aryl methyl sites for hydroxylation is 1. The second kappa shape index (κ2) is 8.79. The fourth-order valence-electron chi connectivity index (χ4n) is 2.48. The van der Waals surface area contributed by atoms with Gasteiger partial charge < -0.3 is 24.7 Å². The van der Waals surface area contributed by atoms with Crippen LogP contribution in [0.25, 0.3) is 5.69 Å². The predicted octanol–water partition coefficient (Wildman–Crippen LogP) is 3.13. The molecule has 8 heteroatoms. The lowest BCUT2D eigenvalue weighted by atomic mass is 10.2. The summed E-state index contributed by atoms with van der Waals surface area (Å²) in [5.74, 6) is 0.769. The third-order valence-corrected chi connectivity index (χ3v) is 4.67. The molecule has 0 aliphatic rings. The van der Waals surface area contributed by atoms with Crippen molar-refractivity contribution in [3.8, 4) is 11.4 Å². The lowest BCUT2D eigenvalue weighted by molar-refractivity contribution is 0.199. The maximum absolute atomic E-state index is 5.54. The fourth-order valence-corrected chi connectivity index (χ4v) is 3.28. The van der Waals surface area contributed by atoms with Crippen LogP contribution in [-0.4, -0.2) is 41.9 Å². The first-order chi connectivity index (χ1) is 12.7. The number of nitrogens with zero attached hydrogens (tertiary/aromatic N) is 3. The number of hydrogen-bond donors (Lipinski definition) is 2. The van der Waals surface area contributed by atoms with E-state index in [1.165, 1.54) is 4.88 Å². The monoisotopic (exact) mass is 373 g/mol. The summed E-state index contributed by atoms with van der Waals surface area (Å²) in [6.45, 7) is 4.27. The molecule has 0 atom stereocenters. The molecule has 0 saturated carbocycles. The SMILES string of the molecule is COCCNCc1cnc(Nc2ccc(-n3cnc(C)c3)c(OC)c2)s1. The Labute approximate surface area is 157 Å². The smallest absolute Gasteiger partial charge is 0.187 e. The van der Waals surface area contributed by atoms with E-state index >= 15 is 0 Å². The Bertz CT molecular complexity index is 846. The summed E-state index contributed by atoms with van der Waals surface area (Å²) in [7, 11) is 3.36. The summed E-state index contributed by atoms with van der Waals surface area (Å²) >= 11 is 1.62. The van der Waals surface area contributed by atoms with E-state index in [1.54, 1.807) is 31.9 Å². The topological polar surface area (TPSA) is 73.2 Å². The van der Waals surface area contributed by atoms with Gasteiger partial charge in [0.2, 0.25) is 0 Å². The summed E-state index contributed by atoms with van der Waals surface area (Å²) in [4.78, 5) is 9.86. The number of ether oxygens (including phenoxy) is 2. The van der Waals surface area contributed by atoms with Crippen molar-refractivity contribution in [2.45, 2.75) is 13.5 Å². The van der Waals surface area contributed by atoms with Crippen LogP contribution in [-0.2, 0) is 11.3 Å². The van der Waals surface area contributed by atoms with Crippen molar-refractivity contribution in [1.82, 2.24) is 19.9 Å². The highest BCUT2D eigenvalue weighted by Gasteiger charge is 2.09.